The van der Waals surface area contributed by atoms with E-state index in [1.54, 1.807) is 17.8 Å². The molecule has 4 heterocycles. The molecule has 1 N–H and O–H groups in total. The van der Waals surface area contributed by atoms with Crippen molar-refractivity contribution >= 4 is 21.7 Å². The molecule has 0 atom stereocenters. The Labute approximate surface area is 206 Å². The molecule has 0 saturated carbocycles. The largest absolute Gasteiger partial charge is 0.352 e. The van der Waals surface area contributed by atoms with Crippen molar-refractivity contribution in [3.05, 3.63) is 77.2 Å². The SMILES string of the molecule is Cn1cc(S(=O)(=O)N2CCCCC2)cc1C(=O)NCc1ccc(N2CCc3ccccc3C2)nc1. The minimum absolute atomic E-state index is 0.168. The van der Waals surface area contributed by atoms with Gasteiger partial charge in [0, 0.05) is 52.2 Å². The molecule has 1 fully saturated rings. The molecule has 184 valence electrons. The van der Waals surface area contributed by atoms with Crippen LogP contribution in [0.15, 0.2) is 59.8 Å². The highest BCUT2D eigenvalue weighted by atomic mass is 32.2. The number of carbonyl (C=O) groups excluding carboxylic acids is 1. The summed E-state index contributed by atoms with van der Waals surface area (Å²) < 4.78 is 29.0. The fourth-order valence-electron chi connectivity index (χ4n) is 4.83. The van der Waals surface area contributed by atoms with Crippen molar-refractivity contribution in [1.29, 1.82) is 0 Å². The lowest BCUT2D eigenvalue weighted by Crippen LogP contribution is -2.35. The summed E-state index contributed by atoms with van der Waals surface area (Å²) in [6.07, 6.45) is 7.10. The van der Waals surface area contributed by atoms with Crippen LogP contribution in [0.1, 0.15) is 46.4 Å². The van der Waals surface area contributed by atoms with Crippen molar-refractivity contribution in [2.45, 2.75) is 43.7 Å². The summed E-state index contributed by atoms with van der Waals surface area (Å²) >= 11 is 0. The zero-order valence-electron chi connectivity index (χ0n) is 20.0. The Morgan fingerprint density at radius 3 is 2.54 bits per heavy atom. The molecule has 0 spiro atoms. The third-order valence-electron chi connectivity index (χ3n) is 6.88. The maximum atomic E-state index is 13.0. The quantitative estimate of drug-likeness (QED) is 0.570. The van der Waals surface area contributed by atoms with E-state index in [9.17, 15) is 13.2 Å². The zero-order valence-corrected chi connectivity index (χ0v) is 20.8. The van der Waals surface area contributed by atoms with Gasteiger partial charge in [-0.3, -0.25) is 4.79 Å². The number of hydrogen-bond donors (Lipinski definition) is 1. The third kappa shape index (κ3) is 4.97. The van der Waals surface area contributed by atoms with Crippen LogP contribution in [0.3, 0.4) is 0 Å². The van der Waals surface area contributed by atoms with Gasteiger partial charge in [0.15, 0.2) is 0 Å². The Balaban J connectivity index is 1.21. The van der Waals surface area contributed by atoms with E-state index in [-0.39, 0.29) is 10.8 Å². The number of amides is 1. The maximum Gasteiger partial charge on any atom is 0.268 e. The molecule has 2 aliphatic heterocycles. The number of aryl methyl sites for hydroxylation is 1. The van der Waals surface area contributed by atoms with Gasteiger partial charge >= 0.3 is 0 Å². The van der Waals surface area contributed by atoms with Crippen molar-refractivity contribution in [1.82, 2.24) is 19.2 Å². The predicted molar refractivity (Wildman–Crippen MR) is 135 cm³/mol. The normalized spacial score (nSPS) is 16.7. The average Bonchev–Trinajstić information content (AvgIpc) is 3.30. The molecule has 3 aromatic rings. The average molecular weight is 494 g/mol. The smallest absolute Gasteiger partial charge is 0.268 e. The Morgan fingerprint density at radius 2 is 1.80 bits per heavy atom. The number of anilines is 1. The lowest BCUT2D eigenvalue weighted by molar-refractivity contribution is 0.0942. The number of benzene rings is 1. The van der Waals surface area contributed by atoms with Crippen LogP contribution in [-0.4, -0.2) is 47.8 Å². The molecule has 0 unspecified atom stereocenters. The van der Waals surface area contributed by atoms with Crippen molar-refractivity contribution in [3.8, 4) is 0 Å². The van der Waals surface area contributed by atoms with E-state index in [1.807, 2.05) is 12.1 Å². The van der Waals surface area contributed by atoms with E-state index in [4.69, 9.17) is 0 Å². The summed E-state index contributed by atoms with van der Waals surface area (Å²) in [7, 11) is -1.89. The molecule has 2 aromatic heterocycles. The molecular formula is C26H31N5O3S. The van der Waals surface area contributed by atoms with Crippen LogP contribution in [0.4, 0.5) is 5.82 Å². The number of pyridine rings is 1. The molecule has 1 aromatic carbocycles. The van der Waals surface area contributed by atoms with Gasteiger partial charge in [0.25, 0.3) is 5.91 Å². The van der Waals surface area contributed by atoms with Gasteiger partial charge in [-0.1, -0.05) is 36.8 Å². The number of rotatable bonds is 6. The second-order valence-corrected chi connectivity index (χ2v) is 11.2. The molecule has 35 heavy (non-hydrogen) atoms. The molecule has 2 aliphatic rings. The van der Waals surface area contributed by atoms with E-state index in [0.717, 1.165) is 50.2 Å². The number of hydrogen-bond acceptors (Lipinski definition) is 5. The second-order valence-electron chi connectivity index (χ2n) is 9.28. The van der Waals surface area contributed by atoms with Crippen LogP contribution in [0.5, 0.6) is 0 Å². The molecule has 0 bridgehead atoms. The van der Waals surface area contributed by atoms with Crippen LogP contribution < -0.4 is 10.2 Å². The highest BCUT2D eigenvalue weighted by Crippen LogP contribution is 2.24. The van der Waals surface area contributed by atoms with Crippen LogP contribution in [0.2, 0.25) is 0 Å². The molecule has 0 aliphatic carbocycles. The van der Waals surface area contributed by atoms with Gasteiger partial charge in [-0.2, -0.15) is 4.31 Å². The fourth-order valence-corrected chi connectivity index (χ4v) is 6.42. The van der Waals surface area contributed by atoms with Gasteiger partial charge < -0.3 is 14.8 Å². The van der Waals surface area contributed by atoms with Crippen LogP contribution in [0, 0.1) is 0 Å². The van der Waals surface area contributed by atoms with Crippen LogP contribution in [0.25, 0.3) is 0 Å². The summed E-state index contributed by atoms with van der Waals surface area (Å²) in [5, 5.41) is 2.89. The summed E-state index contributed by atoms with van der Waals surface area (Å²) in [6, 6.07) is 13.9. The van der Waals surface area contributed by atoms with E-state index in [1.165, 1.54) is 27.7 Å². The van der Waals surface area contributed by atoms with Gasteiger partial charge in [-0.05, 0) is 48.1 Å². The van der Waals surface area contributed by atoms with Crippen LogP contribution >= 0.6 is 0 Å². The number of fused-ring (bicyclic) bond motifs is 1. The minimum atomic E-state index is -3.58. The second kappa shape index (κ2) is 9.83. The lowest BCUT2D eigenvalue weighted by Gasteiger charge is -2.29. The summed E-state index contributed by atoms with van der Waals surface area (Å²) in [4.78, 5) is 19.9. The van der Waals surface area contributed by atoms with Gasteiger partial charge in [-0.25, -0.2) is 13.4 Å². The first-order chi connectivity index (χ1) is 16.9. The summed E-state index contributed by atoms with van der Waals surface area (Å²) in [5.41, 5.74) is 3.93. The number of sulfonamides is 1. The standard InChI is InChI=1S/C26H31N5O3S/c1-29-19-23(35(33,34)31-12-5-2-6-13-31)15-24(29)26(32)28-17-20-9-10-25(27-16-20)30-14-11-21-7-3-4-8-22(21)18-30/h3-4,7-10,15-16,19H,2,5-6,11-14,17-18H2,1H3,(H,28,32). The fraction of sp³-hybridized carbons (Fsp3) is 0.385. The molecular weight excluding hydrogens is 462 g/mol. The van der Waals surface area contributed by atoms with E-state index in [0.29, 0.717) is 25.3 Å². The molecule has 1 amide bonds. The van der Waals surface area contributed by atoms with E-state index >= 15 is 0 Å². The molecule has 9 heteroatoms. The highest BCUT2D eigenvalue weighted by molar-refractivity contribution is 7.89. The zero-order chi connectivity index (χ0) is 24.4. The lowest BCUT2D eigenvalue weighted by atomic mass is 10.00. The van der Waals surface area contributed by atoms with Gasteiger partial charge in [0.05, 0.1) is 0 Å². The van der Waals surface area contributed by atoms with Crippen molar-refractivity contribution in [2.75, 3.05) is 24.5 Å². The van der Waals surface area contributed by atoms with Gasteiger partial charge in [-0.15, -0.1) is 0 Å². The first-order valence-electron chi connectivity index (χ1n) is 12.1. The van der Waals surface area contributed by atoms with Crippen molar-refractivity contribution < 1.29 is 13.2 Å². The number of aromatic nitrogens is 2. The molecule has 8 nitrogen and oxygen atoms in total. The van der Waals surface area contributed by atoms with E-state index < -0.39 is 10.0 Å². The van der Waals surface area contributed by atoms with Crippen molar-refractivity contribution in [3.63, 3.8) is 0 Å². The molecule has 5 rings (SSSR count). The number of carbonyl (C=O) groups is 1. The Hall–Kier alpha value is -3.17. The molecule has 1 saturated heterocycles. The minimum Gasteiger partial charge on any atom is -0.352 e. The monoisotopic (exact) mass is 493 g/mol. The Bertz CT molecular complexity index is 1310. The number of piperidine rings is 1. The Kier molecular flexibility index (Phi) is 6.62. The summed E-state index contributed by atoms with van der Waals surface area (Å²) in [5.74, 6) is 0.605. The molecule has 0 radical (unpaired) electrons. The van der Waals surface area contributed by atoms with Gasteiger partial charge in [0.1, 0.15) is 16.4 Å². The van der Waals surface area contributed by atoms with Gasteiger partial charge in [0.2, 0.25) is 10.0 Å². The van der Waals surface area contributed by atoms with Crippen LogP contribution in [-0.2, 0) is 36.6 Å². The van der Waals surface area contributed by atoms with Crippen molar-refractivity contribution in [2.24, 2.45) is 7.05 Å². The summed E-state index contributed by atoms with van der Waals surface area (Å²) in [6.45, 7) is 3.15. The maximum absolute atomic E-state index is 13.0. The predicted octanol–water partition coefficient (Wildman–Crippen LogP) is 3.09. The Morgan fingerprint density at radius 1 is 1.03 bits per heavy atom. The number of nitrogens with zero attached hydrogens (tertiary/aromatic N) is 4. The number of nitrogens with one attached hydrogen (secondary N) is 1. The first-order valence-corrected chi connectivity index (χ1v) is 13.6. The third-order valence-corrected chi connectivity index (χ3v) is 8.75. The topological polar surface area (TPSA) is 87.5 Å². The first kappa shape index (κ1) is 23.6. The van der Waals surface area contributed by atoms with E-state index in [2.05, 4.69) is 39.5 Å². The highest BCUT2D eigenvalue weighted by Gasteiger charge is 2.28.